The third kappa shape index (κ3) is 4.02. The molecule has 1 amide bonds. The second-order valence-electron chi connectivity index (χ2n) is 3.86. The first kappa shape index (κ1) is 12.9. The molecule has 0 radical (unpaired) electrons. The number of rotatable bonds is 3. The number of aliphatic hydroxyl groups excluding tert-OH is 1. The molecule has 2 N–H and O–H groups in total. The number of furan rings is 1. The number of hydrogen-bond acceptors (Lipinski definition) is 3. The fourth-order valence-corrected chi connectivity index (χ4v) is 1.47. The van der Waals surface area contributed by atoms with E-state index in [1.807, 2.05) is 30.3 Å². The lowest BCUT2D eigenvalue weighted by Gasteiger charge is -2.06. The first-order valence-electron chi connectivity index (χ1n) is 5.82. The van der Waals surface area contributed by atoms with Crippen LogP contribution >= 0.6 is 0 Å². The summed E-state index contributed by atoms with van der Waals surface area (Å²) in [5.41, 5.74) is 0.768. The fourth-order valence-electron chi connectivity index (χ4n) is 1.47. The quantitative estimate of drug-likeness (QED) is 0.817. The van der Waals surface area contributed by atoms with E-state index in [1.165, 1.54) is 6.26 Å². The first-order chi connectivity index (χ1) is 9.25. The average Bonchev–Trinajstić information content (AvgIpc) is 2.98. The Morgan fingerprint density at radius 3 is 2.74 bits per heavy atom. The Morgan fingerprint density at radius 2 is 2.05 bits per heavy atom. The molecular weight excluding hydrogens is 242 g/mol. The minimum absolute atomic E-state index is 0.0653. The van der Waals surface area contributed by atoms with Crippen molar-refractivity contribution in [1.82, 2.24) is 5.32 Å². The lowest BCUT2D eigenvalue weighted by molar-refractivity contribution is -0.116. The standard InChI is InChI=1S/C15H13NO3/c17-13(14-7-4-10-19-14)11-16-15(18)9-8-12-5-2-1-3-6-12/h1-7,10,13,17H,11H2,(H,16,18). The van der Waals surface area contributed by atoms with Crippen LogP contribution in [0.4, 0.5) is 0 Å². The molecule has 0 saturated heterocycles. The van der Waals surface area contributed by atoms with Crippen molar-refractivity contribution < 1.29 is 14.3 Å². The molecule has 1 heterocycles. The molecule has 2 rings (SSSR count). The second kappa shape index (κ2) is 6.43. The maximum atomic E-state index is 11.5. The Labute approximate surface area is 111 Å². The number of hydrogen-bond donors (Lipinski definition) is 2. The Morgan fingerprint density at radius 1 is 1.26 bits per heavy atom. The normalized spacial score (nSPS) is 11.2. The highest BCUT2D eigenvalue weighted by Crippen LogP contribution is 2.11. The van der Waals surface area contributed by atoms with Gasteiger partial charge in [0, 0.05) is 11.5 Å². The highest BCUT2D eigenvalue weighted by molar-refractivity contribution is 5.94. The zero-order chi connectivity index (χ0) is 13.5. The summed E-state index contributed by atoms with van der Waals surface area (Å²) in [7, 11) is 0. The number of carbonyl (C=O) groups is 1. The second-order valence-corrected chi connectivity index (χ2v) is 3.86. The van der Waals surface area contributed by atoms with Gasteiger partial charge in [-0.05, 0) is 24.3 Å². The summed E-state index contributed by atoms with van der Waals surface area (Å²) >= 11 is 0. The van der Waals surface area contributed by atoms with Gasteiger partial charge in [-0.15, -0.1) is 0 Å². The molecule has 0 bridgehead atoms. The van der Waals surface area contributed by atoms with Crippen molar-refractivity contribution in [2.24, 2.45) is 0 Å². The predicted molar refractivity (Wildman–Crippen MR) is 70.0 cm³/mol. The molecule has 19 heavy (non-hydrogen) atoms. The largest absolute Gasteiger partial charge is 0.467 e. The average molecular weight is 255 g/mol. The van der Waals surface area contributed by atoms with Gasteiger partial charge in [-0.1, -0.05) is 24.1 Å². The lowest BCUT2D eigenvalue weighted by atomic mass is 10.2. The van der Waals surface area contributed by atoms with Crippen molar-refractivity contribution >= 4 is 5.91 Å². The van der Waals surface area contributed by atoms with Crippen molar-refractivity contribution in [2.75, 3.05) is 6.54 Å². The molecule has 0 saturated carbocycles. The molecule has 0 aliphatic rings. The van der Waals surface area contributed by atoms with Crippen LogP contribution in [0.15, 0.2) is 53.1 Å². The number of benzene rings is 1. The van der Waals surface area contributed by atoms with E-state index in [0.29, 0.717) is 5.76 Å². The van der Waals surface area contributed by atoms with Crippen molar-refractivity contribution in [3.8, 4) is 11.8 Å². The summed E-state index contributed by atoms with van der Waals surface area (Å²) < 4.78 is 5.02. The smallest absolute Gasteiger partial charge is 0.296 e. The monoisotopic (exact) mass is 255 g/mol. The molecule has 96 valence electrons. The van der Waals surface area contributed by atoms with Crippen molar-refractivity contribution in [3.63, 3.8) is 0 Å². The minimum atomic E-state index is -0.863. The van der Waals surface area contributed by atoms with Crippen LogP contribution in [-0.2, 0) is 4.79 Å². The van der Waals surface area contributed by atoms with Gasteiger partial charge in [-0.3, -0.25) is 4.79 Å². The molecule has 2 aromatic rings. The van der Waals surface area contributed by atoms with Crippen LogP contribution in [0, 0.1) is 11.8 Å². The van der Waals surface area contributed by atoms with Gasteiger partial charge in [0.25, 0.3) is 5.91 Å². The van der Waals surface area contributed by atoms with Gasteiger partial charge < -0.3 is 14.8 Å². The highest BCUT2D eigenvalue weighted by Gasteiger charge is 2.10. The molecule has 4 nitrogen and oxygen atoms in total. The lowest BCUT2D eigenvalue weighted by Crippen LogP contribution is -2.26. The van der Waals surface area contributed by atoms with Crippen molar-refractivity contribution in [1.29, 1.82) is 0 Å². The van der Waals surface area contributed by atoms with Crippen molar-refractivity contribution in [3.05, 3.63) is 60.1 Å². The van der Waals surface area contributed by atoms with E-state index in [1.54, 1.807) is 12.1 Å². The van der Waals surface area contributed by atoms with Crippen LogP contribution in [0.5, 0.6) is 0 Å². The van der Waals surface area contributed by atoms with Crippen LogP contribution in [0.1, 0.15) is 17.4 Å². The van der Waals surface area contributed by atoms with E-state index in [2.05, 4.69) is 17.2 Å². The summed E-state index contributed by atoms with van der Waals surface area (Å²) in [6.45, 7) is 0.0653. The molecule has 1 unspecified atom stereocenters. The first-order valence-corrected chi connectivity index (χ1v) is 5.82. The number of amides is 1. The third-order valence-electron chi connectivity index (χ3n) is 2.42. The molecule has 1 atom stereocenters. The number of nitrogens with one attached hydrogen (secondary N) is 1. The Kier molecular flexibility index (Phi) is 4.38. The molecular formula is C15H13NO3. The van der Waals surface area contributed by atoms with Gasteiger partial charge in [0.05, 0.1) is 12.8 Å². The fraction of sp³-hybridized carbons (Fsp3) is 0.133. The van der Waals surface area contributed by atoms with Gasteiger partial charge in [-0.25, -0.2) is 0 Å². The SMILES string of the molecule is O=C(C#Cc1ccccc1)NCC(O)c1ccco1. The van der Waals surface area contributed by atoms with Crippen LogP contribution in [-0.4, -0.2) is 17.6 Å². The van der Waals surface area contributed by atoms with E-state index in [9.17, 15) is 9.90 Å². The highest BCUT2D eigenvalue weighted by atomic mass is 16.4. The topological polar surface area (TPSA) is 62.5 Å². The van der Waals surface area contributed by atoms with Crippen LogP contribution in [0.2, 0.25) is 0 Å². The van der Waals surface area contributed by atoms with E-state index in [-0.39, 0.29) is 6.54 Å². The molecule has 1 aromatic heterocycles. The van der Waals surface area contributed by atoms with Crippen molar-refractivity contribution in [2.45, 2.75) is 6.10 Å². The summed E-state index contributed by atoms with van der Waals surface area (Å²) in [6.07, 6.45) is 0.604. The summed E-state index contributed by atoms with van der Waals surface area (Å²) in [5.74, 6) is 5.17. The molecule has 0 aliphatic carbocycles. The molecule has 0 spiro atoms. The molecule has 4 heteroatoms. The summed E-state index contributed by atoms with van der Waals surface area (Å²) in [5, 5.41) is 12.2. The maximum absolute atomic E-state index is 11.5. The van der Waals surface area contributed by atoms with E-state index in [0.717, 1.165) is 5.56 Å². The van der Waals surface area contributed by atoms with Gasteiger partial charge in [-0.2, -0.15) is 0 Å². The predicted octanol–water partition coefficient (Wildman–Crippen LogP) is 1.48. The third-order valence-corrected chi connectivity index (χ3v) is 2.42. The Hall–Kier alpha value is -2.51. The van der Waals surface area contributed by atoms with Gasteiger partial charge >= 0.3 is 0 Å². The minimum Gasteiger partial charge on any atom is -0.467 e. The van der Waals surface area contributed by atoms with E-state index in [4.69, 9.17) is 4.42 Å². The van der Waals surface area contributed by atoms with Crippen LogP contribution < -0.4 is 5.32 Å². The van der Waals surface area contributed by atoms with Gasteiger partial charge in [0.1, 0.15) is 11.9 Å². The van der Waals surface area contributed by atoms with Gasteiger partial charge in [0.15, 0.2) is 0 Å². The zero-order valence-corrected chi connectivity index (χ0v) is 10.2. The number of aliphatic hydroxyl groups is 1. The molecule has 0 fully saturated rings. The summed E-state index contributed by atoms with van der Waals surface area (Å²) in [4.78, 5) is 11.5. The van der Waals surface area contributed by atoms with Crippen LogP contribution in [0.25, 0.3) is 0 Å². The Bertz CT molecular complexity index is 579. The Balaban J connectivity index is 1.84. The summed E-state index contributed by atoms with van der Waals surface area (Å²) in [6, 6.07) is 12.5. The molecule has 0 aliphatic heterocycles. The zero-order valence-electron chi connectivity index (χ0n) is 10.2. The van der Waals surface area contributed by atoms with E-state index < -0.39 is 12.0 Å². The van der Waals surface area contributed by atoms with Crippen LogP contribution in [0.3, 0.4) is 0 Å². The molecule has 1 aromatic carbocycles. The maximum Gasteiger partial charge on any atom is 0.296 e. The van der Waals surface area contributed by atoms with Gasteiger partial charge in [0.2, 0.25) is 0 Å². The number of carbonyl (C=O) groups excluding carboxylic acids is 1. The van der Waals surface area contributed by atoms with E-state index >= 15 is 0 Å².